The molecule has 1 heterocycles. The van der Waals surface area contributed by atoms with E-state index in [-0.39, 0.29) is 5.91 Å². The molecule has 0 spiro atoms. The van der Waals surface area contributed by atoms with Gasteiger partial charge in [-0.15, -0.1) is 0 Å². The van der Waals surface area contributed by atoms with Crippen LogP contribution in [0.15, 0.2) is 24.3 Å². The quantitative estimate of drug-likeness (QED) is 0.843. The third-order valence-corrected chi connectivity index (χ3v) is 2.74. The summed E-state index contributed by atoms with van der Waals surface area (Å²) >= 11 is 0. The minimum Gasteiger partial charge on any atom is -0.305 e. The Morgan fingerprint density at radius 2 is 2.22 bits per heavy atom. The summed E-state index contributed by atoms with van der Waals surface area (Å²) in [5, 5.41) is 18.3. The molecule has 2 rings (SSSR count). The molecule has 0 radical (unpaired) electrons. The predicted octanol–water partition coefficient (Wildman–Crippen LogP) is 2.15. The van der Waals surface area contributed by atoms with Crippen LogP contribution in [0.3, 0.4) is 0 Å². The van der Waals surface area contributed by atoms with E-state index in [1.54, 1.807) is 24.3 Å². The number of anilines is 1. The van der Waals surface area contributed by atoms with E-state index in [0.717, 1.165) is 11.3 Å². The smallest absolute Gasteiger partial charge is 0.256 e. The first-order chi connectivity index (χ1) is 8.61. The molecular weight excluding hydrogens is 228 g/mol. The summed E-state index contributed by atoms with van der Waals surface area (Å²) in [7, 11) is 0. The highest BCUT2D eigenvalue weighted by Crippen LogP contribution is 2.15. The van der Waals surface area contributed by atoms with Crippen molar-refractivity contribution in [1.82, 2.24) is 10.2 Å². The van der Waals surface area contributed by atoms with Gasteiger partial charge in [-0.05, 0) is 32.0 Å². The minimum atomic E-state index is -0.276. The van der Waals surface area contributed by atoms with Crippen molar-refractivity contribution in [2.45, 2.75) is 13.8 Å². The molecule has 0 saturated carbocycles. The van der Waals surface area contributed by atoms with Crippen molar-refractivity contribution < 1.29 is 4.79 Å². The molecule has 18 heavy (non-hydrogen) atoms. The molecule has 0 saturated heterocycles. The number of rotatable bonds is 2. The number of carbonyl (C=O) groups is 1. The fourth-order valence-corrected chi connectivity index (χ4v) is 1.52. The fourth-order valence-electron chi connectivity index (χ4n) is 1.52. The van der Waals surface area contributed by atoms with Gasteiger partial charge in [0.05, 0.1) is 11.6 Å². The lowest BCUT2D eigenvalue weighted by Gasteiger charge is -2.03. The van der Waals surface area contributed by atoms with Crippen LogP contribution >= 0.6 is 0 Å². The highest BCUT2D eigenvalue weighted by molar-refractivity contribution is 6.04. The van der Waals surface area contributed by atoms with Gasteiger partial charge in [-0.3, -0.25) is 9.89 Å². The summed E-state index contributed by atoms with van der Waals surface area (Å²) in [5.41, 5.74) is 2.71. The van der Waals surface area contributed by atoms with Gasteiger partial charge in [-0.1, -0.05) is 6.07 Å². The lowest BCUT2D eigenvalue weighted by atomic mass is 10.1. The van der Waals surface area contributed by atoms with Crippen LogP contribution in [-0.2, 0) is 0 Å². The van der Waals surface area contributed by atoms with Gasteiger partial charge in [0.1, 0.15) is 0 Å². The molecule has 0 aliphatic rings. The molecular formula is C13H12N4O. The molecule has 0 atom stereocenters. The Bertz CT molecular complexity index is 637. The number of H-pyrrole nitrogens is 1. The number of nitriles is 1. The summed E-state index contributed by atoms with van der Waals surface area (Å²) < 4.78 is 0. The number of aromatic nitrogens is 2. The third kappa shape index (κ3) is 2.23. The molecule has 0 unspecified atom stereocenters. The van der Waals surface area contributed by atoms with Gasteiger partial charge in [0.25, 0.3) is 5.91 Å². The van der Waals surface area contributed by atoms with E-state index < -0.39 is 0 Å². The second-order valence-electron chi connectivity index (χ2n) is 3.97. The van der Waals surface area contributed by atoms with E-state index in [1.165, 1.54) is 0 Å². The van der Waals surface area contributed by atoms with Gasteiger partial charge >= 0.3 is 0 Å². The summed E-state index contributed by atoms with van der Waals surface area (Å²) in [5.74, 6) is 0.238. The average Bonchev–Trinajstić information content (AvgIpc) is 2.71. The van der Waals surface area contributed by atoms with Crippen LogP contribution in [0.4, 0.5) is 5.82 Å². The molecule has 0 aliphatic carbocycles. The number of hydrogen-bond donors (Lipinski definition) is 2. The van der Waals surface area contributed by atoms with E-state index in [2.05, 4.69) is 15.5 Å². The predicted molar refractivity (Wildman–Crippen MR) is 67.2 cm³/mol. The molecule has 0 aliphatic heterocycles. The first-order valence-electron chi connectivity index (χ1n) is 5.45. The van der Waals surface area contributed by atoms with Gasteiger partial charge in [0.15, 0.2) is 5.82 Å². The molecule has 2 N–H and O–H groups in total. The zero-order valence-corrected chi connectivity index (χ0v) is 10.1. The van der Waals surface area contributed by atoms with E-state index in [0.29, 0.717) is 16.9 Å². The largest absolute Gasteiger partial charge is 0.305 e. The first-order valence-corrected chi connectivity index (χ1v) is 5.45. The van der Waals surface area contributed by atoms with Crippen molar-refractivity contribution in [2.75, 3.05) is 5.32 Å². The maximum Gasteiger partial charge on any atom is 0.256 e. The van der Waals surface area contributed by atoms with Crippen LogP contribution in [0.5, 0.6) is 0 Å². The van der Waals surface area contributed by atoms with Crippen molar-refractivity contribution in [2.24, 2.45) is 0 Å². The lowest BCUT2D eigenvalue weighted by molar-refractivity contribution is 0.102. The molecule has 0 bridgehead atoms. The maximum absolute atomic E-state index is 12.0. The summed E-state index contributed by atoms with van der Waals surface area (Å²) in [6.07, 6.45) is 0. The van der Waals surface area contributed by atoms with Crippen LogP contribution in [0.25, 0.3) is 0 Å². The van der Waals surface area contributed by atoms with Crippen molar-refractivity contribution in [3.63, 3.8) is 0 Å². The fraction of sp³-hybridized carbons (Fsp3) is 0.154. The molecule has 1 amide bonds. The number of hydrogen-bond acceptors (Lipinski definition) is 3. The summed E-state index contributed by atoms with van der Waals surface area (Å²) in [6, 6.07) is 8.53. The first kappa shape index (κ1) is 11.9. The topological polar surface area (TPSA) is 81.6 Å². The van der Waals surface area contributed by atoms with Crippen molar-refractivity contribution in [3.05, 3.63) is 46.6 Å². The zero-order valence-electron chi connectivity index (χ0n) is 10.1. The van der Waals surface area contributed by atoms with Crippen LogP contribution in [0.2, 0.25) is 0 Å². The lowest BCUT2D eigenvalue weighted by Crippen LogP contribution is -2.13. The van der Waals surface area contributed by atoms with Crippen LogP contribution in [-0.4, -0.2) is 16.1 Å². The summed E-state index contributed by atoms with van der Waals surface area (Å²) in [4.78, 5) is 12.0. The maximum atomic E-state index is 12.0. The average molecular weight is 240 g/mol. The minimum absolute atomic E-state index is 0.276. The number of nitrogens with zero attached hydrogens (tertiary/aromatic N) is 2. The molecule has 5 heteroatoms. The van der Waals surface area contributed by atoms with Crippen LogP contribution in [0.1, 0.15) is 27.2 Å². The number of nitrogens with one attached hydrogen (secondary N) is 2. The highest BCUT2D eigenvalue weighted by atomic mass is 16.1. The Balaban J connectivity index is 2.22. The van der Waals surface area contributed by atoms with Crippen molar-refractivity contribution in [3.8, 4) is 6.07 Å². The molecule has 2 aromatic rings. The van der Waals surface area contributed by atoms with E-state index >= 15 is 0 Å². The Hall–Kier alpha value is -2.61. The van der Waals surface area contributed by atoms with E-state index in [1.807, 2.05) is 19.9 Å². The molecule has 0 fully saturated rings. The van der Waals surface area contributed by atoms with Crippen molar-refractivity contribution >= 4 is 11.7 Å². The number of aryl methyl sites for hydroxylation is 1. The number of carbonyl (C=O) groups excluding carboxylic acids is 1. The van der Waals surface area contributed by atoms with Gasteiger partial charge in [0.2, 0.25) is 0 Å². The number of benzene rings is 1. The molecule has 5 nitrogen and oxygen atoms in total. The highest BCUT2D eigenvalue weighted by Gasteiger charge is 2.11. The van der Waals surface area contributed by atoms with E-state index in [4.69, 9.17) is 5.26 Å². The zero-order chi connectivity index (χ0) is 13.1. The van der Waals surface area contributed by atoms with Crippen molar-refractivity contribution in [1.29, 1.82) is 5.26 Å². The normalized spacial score (nSPS) is 9.83. The Kier molecular flexibility index (Phi) is 3.11. The van der Waals surface area contributed by atoms with E-state index in [9.17, 15) is 4.79 Å². The molecule has 1 aromatic carbocycles. The third-order valence-electron chi connectivity index (χ3n) is 2.74. The number of aromatic amines is 1. The summed E-state index contributed by atoms with van der Waals surface area (Å²) in [6.45, 7) is 3.76. The van der Waals surface area contributed by atoms with Gasteiger partial charge in [-0.25, -0.2) is 0 Å². The standard InChI is InChI=1S/C13H12N4O/c1-8-9(2)16-17-12(8)15-13(18)11-5-3-4-10(6-11)7-14/h3-6H,1-2H3,(H2,15,16,17,18). The van der Waals surface area contributed by atoms with Gasteiger partial charge in [-0.2, -0.15) is 10.4 Å². The Labute approximate surface area is 104 Å². The Morgan fingerprint density at radius 1 is 1.44 bits per heavy atom. The molecule has 1 aromatic heterocycles. The van der Waals surface area contributed by atoms with Crippen LogP contribution in [0, 0.1) is 25.2 Å². The molecule has 90 valence electrons. The SMILES string of the molecule is Cc1[nH]nc(NC(=O)c2cccc(C#N)c2)c1C. The van der Waals surface area contributed by atoms with Gasteiger partial charge in [0, 0.05) is 16.8 Å². The monoisotopic (exact) mass is 240 g/mol. The van der Waals surface area contributed by atoms with Gasteiger partial charge < -0.3 is 5.32 Å². The second-order valence-corrected chi connectivity index (χ2v) is 3.97. The Morgan fingerprint density at radius 3 is 2.83 bits per heavy atom. The second kappa shape index (κ2) is 4.72. The number of amides is 1. The van der Waals surface area contributed by atoms with Crippen LogP contribution < -0.4 is 5.32 Å².